The minimum Gasteiger partial charge on any atom is -0.465 e. The number of piperazine rings is 1. The second kappa shape index (κ2) is 8.89. The van der Waals surface area contributed by atoms with E-state index in [9.17, 15) is 4.79 Å². The standard InChI is InChI=1S/C22H28N4O2/c1-3-28-22(27)16(2)25-12-14-26(15-13-25)20-10-8-18(9-11-20)17-4-6-19(7-5-17)21(23)24/h4-11,16H,3,12-15H2,1-2H3,(H3,23,24). The number of rotatable bonds is 6. The summed E-state index contributed by atoms with van der Waals surface area (Å²) in [7, 11) is 0. The lowest BCUT2D eigenvalue weighted by Crippen LogP contribution is -2.52. The summed E-state index contributed by atoms with van der Waals surface area (Å²) in [5.74, 6) is -0.0607. The number of nitrogens with two attached hydrogens (primary N) is 1. The smallest absolute Gasteiger partial charge is 0.323 e. The summed E-state index contributed by atoms with van der Waals surface area (Å²) in [5, 5.41) is 7.48. The molecule has 0 amide bonds. The van der Waals surface area contributed by atoms with Crippen LogP contribution in [-0.2, 0) is 9.53 Å². The van der Waals surface area contributed by atoms with Crippen LogP contribution in [0.15, 0.2) is 48.5 Å². The summed E-state index contributed by atoms with van der Waals surface area (Å²) < 4.78 is 5.13. The van der Waals surface area contributed by atoms with Crippen molar-refractivity contribution in [1.82, 2.24) is 4.90 Å². The molecule has 1 aliphatic rings. The fraction of sp³-hybridized carbons (Fsp3) is 0.364. The van der Waals surface area contributed by atoms with E-state index in [1.165, 1.54) is 5.69 Å². The van der Waals surface area contributed by atoms with E-state index in [0.717, 1.165) is 42.9 Å². The first-order valence-corrected chi connectivity index (χ1v) is 9.70. The van der Waals surface area contributed by atoms with Crippen molar-refractivity contribution in [2.45, 2.75) is 19.9 Å². The predicted molar refractivity (Wildman–Crippen MR) is 113 cm³/mol. The Hall–Kier alpha value is -2.86. The van der Waals surface area contributed by atoms with Crippen LogP contribution >= 0.6 is 0 Å². The van der Waals surface area contributed by atoms with E-state index >= 15 is 0 Å². The molecule has 3 rings (SSSR count). The number of benzene rings is 2. The van der Waals surface area contributed by atoms with Crippen molar-refractivity contribution < 1.29 is 9.53 Å². The first kappa shape index (κ1) is 19.9. The van der Waals surface area contributed by atoms with Gasteiger partial charge in [-0.2, -0.15) is 0 Å². The molecule has 1 fully saturated rings. The van der Waals surface area contributed by atoms with Crippen molar-refractivity contribution in [2.24, 2.45) is 5.73 Å². The van der Waals surface area contributed by atoms with Gasteiger partial charge in [0.05, 0.1) is 6.61 Å². The number of hydrogen-bond acceptors (Lipinski definition) is 5. The maximum absolute atomic E-state index is 11.9. The molecule has 1 atom stereocenters. The molecule has 1 unspecified atom stereocenters. The third kappa shape index (κ3) is 4.51. The average Bonchev–Trinajstić information content (AvgIpc) is 2.74. The highest BCUT2D eigenvalue weighted by molar-refractivity contribution is 5.95. The van der Waals surface area contributed by atoms with Gasteiger partial charge in [0.1, 0.15) is 11.9 Å². The zero-order valence-electron chi connectivity index (χ0n) is 16.5. The van der Waals surface area contributed by atoms with Gasteiger partial charge in [0, 0.05) is 37.4 Å². The van der Waals surface area contributed by atoms with Crippen LogP contribution in [-0.4, -0.2) is 55.5 Å². The minimum absolute atomic E-state index is 0.0818. The number of carbonyl (C=O) groups excluding carboxylic acids is 1. The number of nitrogen functional groups attached to an aromatic ring is 1. The van der Waals surface area contributed by atoms with Crippen LogP contribution in [0.4, 0.5) is 5.69 Å². The van der Waals surface area contributed by atoms with E-state index in [0.29, 0.717) is 6.61 Å². The first-order valence-electron chi connectivity index (χ1n) is 9.70. The van der Waals surface area contributed by atoms with Gasteiger partial charge >= 0.3 is 5.97 Å². The molecule has 0 aromatic heterocycles. The lowest BCUT2D eigenvalue weighted by atomic mass is 10.0. The molecule has 3 N–H and O–H groups in total. The van der Waals surface area contributed by atoms with Gasteiger partial charge in [-0.15, -0.1) is 0 Å². The molecular formula is C22H28N4O2. The number of esters is 1. The molecule has 148 valence electrons. The highest BCUT2D eigenvalue weighted by atomic mass is 16.5. The average molecular weight is 380 g/mol. The largest absolute Gasteiger partial charge is 0.465 e. The third-order valence-electron chi connectivity index (χ3n) is 5.25. The van der Waals surface area contributed by atoms with Gasteiger partial charge in [0.2, 0.25) is 0 Å². The summed E-state index contributed by atoms with van der Waals surface area (Å²) in [4.78, 5) is 16.5. The van der Waals surface area contributed by atoms with E-state index in [1.807, 2.05) is 38.1 Å². The monoisotopic (exact) mass is 380 g/mol. The lowest BCUT2D eigenvalue weighted by Gasteiger charge is -2.38. The van der Waals surface area contributed by atoms with Crippen molar-refractivity contribution in [3.8, 4) is 11.1 Å². The van der Waals surface area contributed by atoms with Crippen LogP contribution in [0.1, 0.15) is 19.4 Å². The second-order valence-electron chi connectivity index (χ2n) is 6.99. The number of nitrogens with one attached hydrogen (secondary N) is 1. The maximum atomic E-state index is 11.9. The van der Waals surface area contributed by atoms with Gasteiger partial charge in [0.15, 0.2) is 0 Å². The summed E-state index contributed by atoms with van der Waals surface area (Å²) in [6, 6.07) is 16.0. The molecule has 2 aromatic carbocycles. The van der Waals surface area contributed by atoms with E-state index in [-0.39, 0.29) is 17.8 Å². The molecule has 1 heterocycles. The Morgan fingerprint density at radius 2 is 1.57 bits per heavy atom. The van der Waals surface area contributed by atoms with E-state index in [1.54, 1.807) is 0 Å². The zero-order valence-corrected chi connectivity index (χ0v) is 16.5. The second-order valence-corrected chi connectivity index (χ2v) is 6.99. The molecular weight excluding hydrogens is 352 g/mol. The Bertz CT molecular complexity index is 809. The van der Waals surface area contributed by atoms with Crippen LogP contribution in [0.2, 0.25) is 0 Å². The Morgan fingerprint density at radius 3 is 2.07 bits per heavy atom. The summed E-state index contributed by atoms with van der Waals surface area (Å²) in [6.45, 7) is 7.63. The molecule has 2 aromatic rings. The lowest BCUT2D eigenvalue weighted by molar-refractivity contribution is -0.149. The van der Waals surface area contributed by atoms with Crippen LogP contribution in [0.25, 0.3) is 11.1 Å². The molecule has 6 nitrogen and oxygen atoms in total. The molecule has 0 bridgehead atoms. The SMILES string of the molecule is CCOC(=O)C(C)N1CCN(c2ccc(-c3ccc(C(=N)N)cc3)cc2)CC1. The van der Waals surface area contributed by atoms with E-state index in [2.05, 4.69) is 34.1 Å². The van der Waals surface area contributed by atoms with Crippen LogP contribution in [0.5, 0.6) is 0 Å². The Kier molecular flexibility index (Phi) is 6.31. The summed E-state index contributed by atoms with van der Waals surface area (Å²) in [6.07, 6.45) is 0. The zero-order chi connectivity index (χ0) is 20.1. The fourth-order valence-corrected chi connectivity index (χ4v) is 3.49. The highest BCUT2D eigenvalue weighted by Crippen LogP contribution is 2.24. The van der Waals surface area contributed by atoms with Gasteiger partial charge in [-0.25, -0.2) is 0 Å². The topological polar surface area (TPSA) is 82.7 Å². The van der Waals surface area contributed by atoms with Gasteiger partial charge in [0.25, 0.3) is 0 Å². The van der Waals surface area contributed by atoms with Crippen molar-refractivity contribution in [1.29, 1.82) is 5.41 Å². The quantitative estimate of drug-likeness (QED) is 0.457. The number of ether oxygens (including phenoxy) is 1. The highest BCUT2D eigenvalue weighted by Gasteiger charge is 2.26. The normalized spacial score (nSPS) is 15.9. The van der Waals surface area contributed by atoms with Crippen molar-refractivity contribution in [3.63, 3.8) is 0 Å². The number of amidine groups is 1. The number of carbonyl (C=O) groups is 1. The maximum Gasteiger partial charge on any atom is 0.323 e. The summed E-state index contributed by atoms with van der Waals surface area (Å²) in [5.41, 5.74) is 9.67. The third-order valence-corrected chi connectivity index (χ3v) is 5.25. The van der Waals surface area contributed by atoms with Gasteiger partial charge in [-0.1, -0.05) is 36.4 Å². The number of hydrogen-bond donors (Lipinski definition) is 2. The first-order chi connectivity index (χ1) is 13.5. The molecule has 0 radical (unpaired) electrons. The number of nitrogens with zero attached hydrogens (tertiary/aromatic N) is 2. The van der Waals surface area contributed by atoms with Crippen molar-refractivity contribution in [3.05, 3.63) is 54.1 Å². The summed E-state index contributed by atoms with van der Waals surface area (Å²) >= 11 is 0. The predicted octanol–water partition coefficient (Wildman–Crippen LogP) is 2.71. The number of anilines is 1. The molecule has 6 heteroatoms. The fourth-order valence-electron chi connectivity index (χ4n) is 3.49. The molecule has 28 heavy (non-hydrogen) atoms. The van der Waals surface area contributed by atoms with Crippen LogP contribution < -0.4 is 10.6 Å². The van der Waals surface area contributed by atoms with E-state index in [4.69, 9.17) is 15.9 Å². The van der Waals surface area contributed by atoms with Gasteiger partial charge < -0.3 is 15.4 Å². The Labute approximate surface area is 166 Å². The van der Waals surface area contributed by atoms with Crippen molar-refractivity contribution >= 4 is 17.5 Å². The Morgan fingerprint density at radius 1 is 1.04 bits per heavy atom. The molecule has 1 saturated heterocycles. The van der Waals surface area contributed by atoms with E-state index < -0.39 is 0 Å². The van der Waals surface area contributed by atoms with Crippen molar-refractivity contribution in [2.75, 3.05) is 37.7 Å². The van der Waals surface area contributed by atoms with Crippen LogP contribution in [0, 0.1) is 5.41 Å². The molecule has 1 aliphatic heterocycles. The molecule has 0 spiro atoms. The van der Waals surface area contributed by atoms with Crippen LogP contribution in [0.3, 0.4) is 0 Å². The Balaban J connectivity index is 1.60. The molecule has 0 aliphatic carbocycles. The van der Waals surface area contributed by atoms with Gasteiger partial charge in [-0.3, -0.25) is 15.1 Å². The minimum atomic E-state index is -0.192. The molecule has 0 saturated carbocycles. The van der Waals surface area contributed by atoms with Gasteiger partial charge in [-0.05, 0) is 37.1 Å².